The Morgan fingerprint density at radius 2 is 0.778 bits per heavy atom. The van der Waals surface area contributed by atoms with Crippen molar-refractivity contribution >= 4 is 49.8 Å². The predicted octanol–water partition coefficient (Wildman–Crippen LogP) is 14.9. The molecular weight excluding hydrogens is 655 g/mol. The van der Waals surface area contributed by atoms with Crippen LogP contribution in [0.5, 0.6) is 0 Å². The van der Waals surface area contributed by atoms with Crippen molar-refractivity contribution in [2.75, 3.05) is 4.90 Å². The standard InChI is InChI=1S/C52H35NO/c1-4-14-36(15-5-1)37-26-30-43(31-27-37)53(42-20-8-3-9-21-42)44-32-28-38(29-33-44)40-18-12-19-41(34-40)45-24-13-25-48-51-47-23-11-10-22-46(47)49(35-50(51)54-52(45)48)39-16-6-2-7-17-39/h1-35H. The Bertz CT molecular complexity index is 2890. The summed E-state index contributed by atoms with van der Waals surface area (Å²) >= 11 is 0. The van der Waals surface area contributed by atoms with E-state index < -0.39 is 0 Å². The van der Waals surface area contributed by atoms with E-state index in [0.29, 0.717) is 0 Å². The van der Waals surface area contributed by atoms with Crippen LogP contribution in [0, 0.1) is 0 Å². The minimum Gasteiger partial charge on any atom is -0.455 e. The zero-order valence-corrected chi connectivity index (χ0v) is 29.6. The minimum absolute atomic E-state index is 0.902. The van der Waals surface area contributed by atoms with Crippen molar-refractivity contribution in [1.29, 1.82) is 0 Å². The lowest BCUT2D eigenvalue weighted by Gasteiger charge is -2.26. The largest absolute Gasteiger partial charge is 0.455 e. The smallest absolute Gasteiger partial charge is 0.143 e. The van der Waals surface area contributed by atoms with Gasteiger partial charge in [0.15, 0.2) is 0 Å². The molecule has 0 aliphatic carbocycles. The summed E-state index contributed by atoms with van der Waals surface area (Å²) < 4.78 is 6.81. The van der Waals surface area contributed by atoms with E-state index in [2.05, 4.69) is 217 Å². The van der Waals surface area contributed by atoms with Crippen LogP contribution in [-0.4, -0.2) is 0 Å². The van der Waals surface area contributed by atoms with Crippen molar-refractivity contribution in [1.82, 2.24) is 0 Å². The molecule has 10 rings (SSSR count). The molecule has 0 atom stereocenters. The molecule has 1 aromatic heterocycles. The van der Waals surface area contributed by atoms with Crippen molar-refractivity contribution in [2.24, 2.45) is 0 Å². The fourth-order valence-electron chi connectivity index (χ4n) is 7.87. The van der Waals surface area contributed by atoms with Crippen LogP contribution in [0.4, 0.5) is 17.1 Å². The maximum absolute atomic E-state index is 6.81. The van der Waals surface area contributed by atoms with E-state index in [-0.39, 0.29) is 0 Å². The lowest BCUT2D eigenvalue weighted by molar-refractivity contribution is 0.670. The highest BCUT2D eigenvalue weighted by Crippen LogP contribution is 2.43. The minimum atomic E-state index is 0.902. The van der Waals surface area contributed by atoms with Crippen molar-refractivity contribution in [2.45, 2.75) is 0 Å². The van der Waals surface area contributed by atoms with Crippen LogP contribution in [0.15, 0.2) is 217 Å². The number of anilines is 3. The van der Waals surface area contributed by atoms with E-state index in [4.69, 9.17) is 4.42 Å². The SMILES string of the molecule is c1ccc(-c2ccc(N(c3ccccc3)c3ccc(-c4cccc(-c5cccc6c5oc5cc(-c7ccccc7)c7ccccc7c56)c4)cc3)cc2)cc1. The maximum atomic E-state index is 6.81. The molecule has 0 radical (unpaired) electrons. The molecule has 2 heteroatoms. The summed E-state index contributed by atoms with van der Waals surface area (Å²) in [4.78, 5) is 2.31. The molecule has 0 bridgehead atoms. The van der Waals surface area contributed by atoms with Crippen LogP contribution in [0.3, 0.4) is 0 Å². The summed E-state index contributed by atoms with van der Waals surface area (Å²) in [6.45, 7) is 0. The molecule has 1 heterocycles. The first-order valence-electron chi connectivity index (χ1n) is 18.4. The highest BCUT2D eigenvalue weighted by Gasteiger charge is 2.18. The van der Waals surface area contributed by atoms with Crippen LogP contribution in [-0.2, 0) is 0 Å². The molecule has 0 aliphatic rings. The van der Waals surface area contributed by atoms with Crippen molar-refractivity contribution in [3.05, 3.63) is 212 Å². The molecule has 9 aromatic carbocycles. The van der Waals surface area contributed by atoms with E-state index in [1.165, 1.54) is 33.0 Å². The maximum Gasteiger partial charge on any atom is 0.143 e. The number of rotatable bonds is 7. The Morgan fingerprint density at radius 3 is 1.46 bits per heavy atom. The quantitative estimate of drug-likeness (QED) is 0.166. The normalized spacial score (nSPS) is 11.3. The molecule has 0 unspecified atom stereocenters. The van der Waals surface area contributed by atoms with Crippen LogP contribution < -0.4 is 4.90 Å². The summed E-state index contributed by atoms with van der Waals surface area (Å²) in [7, 11) is 0. The molecule has 0 spiro atoms. The average molecular weight is 690 g/mol. The second kappa shape index (κ2) is 13.4. The first-order chi connectivity index (χ1) is 26.8. The second-order valence-electron chi connectivity index (χ2n) is 13.7. The van der Waals surface area contributed by atoms with Gasteiger partial charge in [0.05, 0.1) is 0 Å². The van der Waals surface area contributed by atoms with Crippen LogP contribution >= 0.6 is 0 Å². The lowest BCUT2D eigenvalue weighted by atomic mass is 9.94. The zero-order valence-electron chi connectivity index (χ0n) is 29.6. The zero-order chi connectivity index (χ0) is 35.8. The monoisotopic (exact) mass is 689 g/mol. The van der Waals surface area contributed by atoms with E-state index in [1.54, 1.807) is 0 Å². The number of furan rings is 1. The van der Waals surface area contributed by atoms with Gasteiger partial charge in [-0.3, -0.25) is 0 Å². The number of nitrogens with zero attached hydrogens (tertiary/aromatic N) is 1. The Morgan fingerprint density at radius 1 is 0.296 bits per heavy atom. The molecular formula is C52H35NO. The fourth-order valence-corrected chi connectivity index (χ4v) is 7.87. The summed E-state index contributed by atoms with van der Waals surface area (Å²) in [5.74, 6) is 0. The van der Waals surface area contributed by atoms with Crippen molar-refractivity contribution in [3.8, 4) is 44.5 Å². The van der Waals surface area contributed by atoms with Gasteiger partial charge in [-0.15, -0.1) is 0 Å². The number of hydrogen-bond donors (Lipinski definition) is 0. The van der Waals surface area contributed by atoms with E-state index >= 15 is 0 Å². The Kier molecular flexibility index (Phi) is 7.85. The van der Waals surface area contributed by atoms with Gasteiger partial charge >= 0.3 is 0 Å². The number of benzene rings is 9. The second-order valence-corrected chi connectivity index (χ2v) is 13.7. The third-order valence-corrected chi connectivity index (χ3v) is 10.5. The Hall–Kier alpha value is -7.16. The van der Waals surface area contributed by atoms with Gasteiger partial charge in [-0.1, -0.05) is 164 Å². The van der Waals surface area contributed by atoms with Gasteiger partial charge in [-0.05, 0) is 98.2 Å². The fraction of sp³-hybridized carbons (Fsp3) is 0. The molecule has 10 aromatic rings. The topological polar surface area (TPSA) is 16.4 Å². The predicted molar refractivity (Wildman–Crippen MR) is 228 cm³/mol. The van der Waals surface area contributed by atoms with Crippen molar-refractivity contribution < 1.29 is 4.42 Å². The lowest BCUT2D eigenvalue weighted by Crippen LogP contribution is -2.09. The van der Waals surface area contributed by atoms with E-state index in [9.17, 15) is 0 Å². The van der Waals surface area contributed by atoms with Gasteiger partial charge in [-0.25, -0.2) is 0 Å². The first kappa shape index (κ1) is 31.6. The molecule has 254 valence electrons. The van der Waals surface area contributed by atoms with E-state index in [0.717, 1.165) is 61.3 Å². The highest BCUT2D eigenvalue weighted by atomic mass is 16.3. The summed E-state index contributed by atoms with van der Waals surface area (Å²) in [5.41, 5.74) is 14.4. The number of para-hydroxylation sites is 2. The highest BCUT2D eigenvalue weighted by molar-refractivity contribution is 6.23. The van der Waals surface area contributed by atoms with E-state index in [1.807, 2.05) is 0 Å². The molecule has 2 nitrogen and oxygen atoms in total. The summed E-state index contributed by atoms with van der Waals surface area (Å²) in [6, 6.07) is 75.6. The summed E-state index contributed by atoms with van der Waals surface area (Å²) in [5, 5.41) is 4.72. The van der Waals surface area contributed by atoms with Crippen molar-refractivity contribution in [3.63, 3.8) is 0 Å². The molecule has 0 amide bonds. The molecule has 0 aliphatic heterocycles. The molecule has 54 heavy (non-hydrogen) atoms. The van der Waals surface area contributed by atoms with Crippen LogP contribution in [0.25, 0.3) is 77.2 Å². The molecule has 0 saturated carbocycles. The van der Waals surface area contributed by atoms with Gasteiger partial charge in [0.2, 0.25) is 0 Å². The molecule has 0 N–H and O–H groups in total. The average Bonchev–Trinajstić information content (AvgIpc) is 3.64. The summed E-state index contributed by atoms with van der Waals surface area (Å²) in [6.07, 6.45) is 0. The Balaban J connectivity index is 1.02. The Labute approximate surface area is 314 Å². The first-order valence-corrected chi connectivity index (χ1v) is 18.4. The molecule has 0 fully saturated rings. The third kappa shape index (κ3) is 5.62. The van der Waals surface area contributed by atoms with Gasteiger partial charge in [-0.2, -0.15) is 0 Å². The molecule has 0 saturated heterocycles. The van der Waals surface area contributed by atoms with Gasteiger partial charge < -0.3 is 9.32 Å². The number of fused-ring (bicyclic) bond motifs is 5. The third-order valence-electron chi connectivity index (χ3n) is 10.5. The van der Waals surface area contributed by atoms with Crippen LogP contribution in [0.2, 0.25) is 0 Å². The van der Waals surface area contributed by atoms with Gasteiger partial charge in [0.1, 0.15) is 11.2 Å². The van der Waals surface area contributed by atoms with Gasteiger partial charge in [0, 0.05) is 33.4 Å². The van der Waals surface area contributed by atoms with Crippen LogP contribution in [0.1, 0.15) is 0 Å². The number of hydrogen-bond acceptors (Lipinski definition) is 2. The van der Waals surface area contributed by atoms with Gasteiger partial charge in [0.25, 0.3) is 0 Å².